The molecule has 0 atom stereocenters. The molecule has 1 aromatic carbocycles. The van der Waals surface area contributed by atoms with Crippen LogP contribution in [0.25, 0.3) is 10.7 Å². The summed E-state index contributed by atoms with van der Waals surface area (Å²) < 4.78 is 2.14. The van der Waals surface area contributed by atoms with Crippen LogP contribution in [0.3, 0.4) is 0 Å². The number of benzene rings is 1. The monoisotopic (exact) mass is 241 g/mol. The quantitative estimate of drug-likeness (QED) is 0.705. The van der Waals surface area contributed by atoms with E-state index in [0.29, 0.717) is 0 Å². The zero-order valence-electron chi connectivity index (χ0n) is 9.15. The molecule has 84 valence electrons. The van der Waals surface area contributed by atoms with Crippen molar-refractivity contribution in [2.45, 2.75) is 6.54 Å². The van der Waals surface area contributed by atoms with E-state index in [9.17, 15) is 0 Å². The number of rotatable bonds is 3. The fourth-order valence-corrected chi connectivity index (χ4v) is 2.40. The zero-order chi connectivity index (χ0) is 11.5. The van der Waals surface area contributed by atoms with E-state index in [0.717, 1.165) is 17.2 Å². The molecule has 0 saturated heterocycles. The molecule has 0 amide bonds. The average molecular weight is 241 g/mol. The van der Waals surface area contributed by atoms with Crippen LogP contribution < -0.4 is 0 Å². The minimum atomic E-state index is 0.841. The average Bonchev–Trinajstić information content (AvgIpc) is 3.00. The summed E-state index contributed by atoms with van der Waals surface area (Å²) in [4.78, 5) is 9.58. The molecule has 0 fully saturated rings. The molecule has 3 nitrogen and oxygen atoms in total. The number of hydrogen-bond acceptors (Lipinski definition) is 3. The lowest BCUT2D eigenvalue weighted by atomic mass is 10.2. The smallest absolute Gasteiger partial charge is 0.151 e. The van der Waals surface area contributed by atoms with Crippen LogP contribution in [0.2, 0.25) is 0 Å². The zero-order valence-corrected chi connectivity index (χ0v) is 9.97. The topological polar surface area (TPSA) is 30.7 Å². The summed E-state index contributed by atoms with van der Waals surface area (Å²) in [6.45, 7) is 0.841. The second kappa shape index (κ2) is 4.51. The first-order valence-electron chi connectivity index (χ1n) is 5.37. The molecule has 3 rings (SSSR count). The SMILES string of the molecule is c1ccc(Cn2ccnc2-c2cncs2)cc1. The molecule has 3 aromatic rings. The summed E-state index contributed by atoms with van der Waals surface area (Å²) in [6, 6.07) is 10.4. The highest BCUT2D eigenvalue weighted by Crippen LogP contribution is 2.21. The van der Waals surface area contributed by atoms with E-state index in [1.54, 1.807) is 11.3 Å². The molecule has 0 saturated carbocycles. The molecule has 0 N–H and O–H groups in total. The molecule has 4 heteroatoms. The van der Waals surface area contributed by atoms with Crippen LogP contribution in [-0.2, 0) is 6.54 Å². The lowest BCUT2D eigenvalue weighted by Gasteiger charge is -2.06. The van der Waals surface area contributed by atoms with Crippen molar-refractivity contribution in [1.29, 1.82) is 0 Å². The van der Waals surface area contributed by atoms with Crippen molar-refractivity contribution < 1.29 is 0 Å². The van der Waals surface area contributed by atoms with Crippen LogP contribution >= 0.6 is 11.3 Å². The summed E-state index contributed by atoms with van der Waals surface area (Å²) in [5, 5.41) is 0. The van der Waals surface area contributed by atoms with E-state index in [2.05, 4.69) is 38.8 Å². The van der Waals surface area contributed by atoms with E-state index in [-0.39, 0.29) is 0 Å². The van der Waals surface area contributed by atoms with Crippen molar-refractivity contribution in [2.75, 3.05) is 0 Å². The largest absolute Gasteiger partial charge is 0.326 e. The first-order valence-corrected chi connectivity index (χ1v) is 6.25. The van der Waals surface area contributed by atoms with Crippen LogP contribution in [0, 0.1) is 0 Å². The first-order chi connectivity index (χ1) is 8.43. The summed E-state index contributed by atoms with van der Waals surface area (Å²) in [7, 11) is 0. The maximum absolute atomic E-state index is 4.39. The molecule has 0 aliphatic heterocycles. The highest BCUT2D eigenvalue weighted by molar-refractivity contribution is 7.13. The molecule has 0 unspecified atom stereocenters. The second-order valence-corrected chi connectivity index (χ2v) is 4.62. The van der Waals surface area contributed by atoms with Crippen molar-refractivity contribution in [2.24, 2.45) is 0 Å². The van der Waals surface area contributed by atoms with Gasteiger partial charge in [-0.2, -0.15) is 0 Å². The Morgan fingerprint density at radius 2 is 2.06 bits per heavy atom. The normalized spacial score (nSPS) is 10.6. The summed E-state index contributed by atoms with van der Waals surface area (Å²) in [6.07, 6.45) is 5.69. The minimum absolute atomic E-state index is 0.841. The molecule has 0 radical (unpaired) electrons. The summed E-state index contributed by atoms with van der Waals surface area (Å²) in [5.74, 6) is 0.983. The molecule has 17 heavy (non-hydrogen) atoms. The van der Waals surface area contributed by atoms with Crippen LogP contribution in [0.5, 0.6) is 0 Å². The Morgan fingerprint density at radius 1 is 1.18 bits per heavy atom. The van der Waals surface area contributed by atoms with E-state index < -0.39 is 0 Å². The molecule has 0 spiro atoms. The van der Waals surface area contributed by atoms with Gasteiger partial charge in [-0.1, -0.05) is 30.3 Å². The molecule has 2 aromatic heterocycles. The molecule has 0 aliphatic rings. The van der Waals surface area contributed by atoms with E-state index >= 15 is 0 Å². The predicted molar refractivity (Wildman–Crippen MR) is 68.9 cm³/mol. The van der Waals surface area contributed by atoms with Crippen molar-refractivity contribution >= 4 is 11.3 Å². The van der Waals surface area contributed by atoms with Gasteiger partial charge < -0.3 is 4.57 Å². The Morgan fingerprint density at radius 3 is 2.82 bits per heavy atom. The van der Waals surface area contributed by atoms with Gasteiger partial charge in [-0.3, -0.25) is 4.98 Å². The Labute approximate surface area is 103 Å². The van der Waals surface area contributed by atoms with Gasteiger partial charge in [-0.05, 0) is 5.56 Å². The summed E-state index contributed by atoms with van der Waals surface area (Å²) >= 11 is 1.61. The Hall–Kier alpha value is -1.94. The van der Waals surface area contributed by atoms with Crippen LogP contribution in [-0.4, -0.2) is 14.5 Å². The van der Waals surface area contributed by atoms with E-state index in [4.69, 9.17) is 0 Å². The third-order valence-electron chi connectivity index (χ3n) is 2.56. The van der Waals surface area contributed by atoms with Gasteiger partial charge in [0.15, 0.2) is 5.82 Å². The first kappa shape index (κ1) is 10.2. The number of imidazole rings is 1. The highest BCUT2D eigenvalue weighted by Gasteiger charge is 2.07. The van der Waals surface area contributed by atoms with Crippen molar-refractivity contribution in [1.82, 2.24) is 14.5 Å². The minimum Gasteiger partial charge on any atom is -0.326 e. The van der Waals surface area contributed by atoms with E-state index in [1.807, 2.05) is 30.2 Å². The van der Waals surface area contributed by atoms with Gasteiger partial charge >= 0.3 is 0 Å². The van der Waals surface area contributed by atoms with Gasteiger partial charge in [0, 0.05) is 25.1 Å². The molecular formula is C13H11N3S. The maximum Gasteiger partial charge on any atom is 0.151 e. The molecule has 0 aliphatic carbocycles. The van der Waals surface area contributed by atoms with Crippen molar-refractivity contribution in [3.63, 3.8) is 0 Å². The van der Waals surface area contributed by atoms with Crippen LogP contribution in [0.1, 0.15) is 5.56 Å². The number of nitrogens with zero attached hydrogens (tertiary/aromatic N) is 3. The summed E-state index contributed by atoms with van der Waals surface area (Å²) in [5.41, 5.74) is 3.10. The van der Waals surface area contributed by atoms with Gasteiger partial charge in [-0.15, -0.1) is 11.3 Å². The third-order valence-corrected chi connectivity index (χ3v) is 3.33. The van der Waals surface area contributed by atoms with Crippen LogP contribution in [0.15, 0.2) is 54.4 Å². The Kier molecular flexibility index (Phi) is 2.71. The van der Waals surface area contributed by atoms with Crippen molar-refractivity contribution in [3.8, 4) is 10.7 Å². The second-order valence-electron chi connectivity index (χ2n) is 3.73. The Bertz CT molecular complexity index is 584. The molecule has 2 heterocycles. The van der Waals surface area contributed by atoms with Crippen molar-refractivity contribution in [3.05, 3.63) is 60.0 Å². The maximum atomic E-state index is 4.39. The number of thiazole rings is 1. The van der Waals surface area contributed by atoms with Gasteiger partial charge in [0.1, 0.15) is 0 Å². The van der Waals surface area contributed by atoms with Gasteiger partial charge in [0.25, 0.3) is 0 Å². The lowest BCUT2D eigenvalue weighted by Crippen LogP contribution is -1.99. The number of hydrogen-bond donors (Lipinski definition) is 0. The Balaban J connectivity index is 1.92. The fraction of sp³-hybridized carbons (Fsp3) is 0.0769. The van der Waals surface area contributed by atoms with Gasteiger partial charge in [-0.25, -0.2) is 4.98 Å². The highest BCUT2D eigenvalue weighted by atomic mass is 32.1. The van der Waals surface area contributed by atoms with E-state index in [1.165, 1.54) is 5.56 Å². The van der Waals surface area contributed by atoms with Crippen LogP contribution in [0.4, 0.5) is 0 Å². The standard InChI is InChI=1S/C13H11N3S/c1-2-4-11(5-3-1)9-16-7-6-15-13(16)12-8-14-10-17-12/h1-8,10H,9H2. The third kappa shape index (κ3) is 2.12. The fourth-order valence-electron chi connectivity index (χ4n) is 1.77. The lowest BCUT2D eigenvalue weighted by molar-refractivity contribution is 0.808. The number of aromatic nitrogens is 3. The molecule has 0 bridgehead atoms. The van der Waals surface area contributed by atoms with Gasteiger partial charge in [0.2, 0.25) is 0 Å². The van der Waals surface area contributed by atoms with Gasteiger partial charge in [0.05, 0.1) is 10.4 Å². The molecular weight excluding hydrogens is 230 g/mol. The predicted octanol–water partition coefficient (Wildman–Crippen LogP) is 3.05.